The largest absolute Gasteiger partial charge is 0.493 e. The molecule has 1 heterocycles. The Hall–Kier alpha value is -3.08. The fourth-order valence-electron chi connectivity index (χ4n) is 4.04. The van der Waals surface area contributed by atoms with E-state index in [1.54, 1.807) is 0 Å². The number of hydrogen-bond donors (Lipinski definition) is 1. The van der Waals surface area contributed by atoms with Crippen molar-refractivity contribution >= 4 is 16.9 Å². The molecule has 0 aliphatic heterocycles. The van der Waals surface area contributed by atoms with Crippen molar-refractivity contribution in [1.29, 1.82) is 0 Å². The molecule has 0 saturated heterocycles. The van der Waals surface area contributed by atoms with Gasteiger partial charge in [0, 0.05) is 25.4 Å². The smallest absolute Gasteiger partial charge is 0.223 e. The molecule has 170 valence electrons. The van der Waals surface area contributed by atoms with E-state index in [1.807, 2.05) is 42.5 Å². The summed E-state index contributed by atoms with van der Waals surface area (Å²) in [5.74, 6) is 2.16. The number of rotatable bonds is 13. The second kappa shape index (κ2) is 12.1. The molecular weight excluding hydrogens is 398 g/mol. The number of benzene rings is 2. The van der Waals surface area contributed by atoms with Crippen LogP contribution in [0.3, 0.4) is 0 Å². The molecule has 0 saturated carbocycles. The van der Waals surface area contributed by atoms with Crippen LogP contribution in [-0.2, 0) is 24.2 Å². The molecule has 0 atom stereocenters. The highest BCUT2D eigenvalue weighted by Gasteiger charge is 2.15. The van der Waals surface area contributed by atoms with Crippen molar-refractivity contribution < 1.29 is 9.53 Å². The summed E-state index contributed by atoms with van der Waals surface area (Å²) >= 11 is 0. The van der Waals surface area contributed by atoms with Crippen LogP contribution in [0.4, 0.5) is 0 Å². The fraction of sp³-hybridized carbons (Fsp3) is 0.407. The quantitative estimate of drug-likeness (QED) is 0.293. The Morgan fingerprint density at radius 2 is 1.91 bits per heavy atom. The van der Waals surface area contributed by atoms with Gasteiger partial charge in [-0.2, -0.15) is 0 Å². The van der Waals surface area contributed by atoms with Crippen molar-refractivity contribution in [2.24, 2.45) is 5.92 Å². The number of para-hydroxylation sites is 3. The number of amides is 1. The first-order valence-corrected chi connectivity index (χ1v) is 11.7. The number of aromatic nitrogens is 2. The molecule has 2 aromatic carbocycles. The highest BCUT2D eigenvalue weighted by atomic mass is 16.5. The van der Waals surface area contributed by atoms with Crippen molar-refractivity contribution in [2.75, 3.05) is 13.2 Å². The minimum Gasteiger partial charge on any atom is -0.493 e. The lowest BCUT2D eigenvalue weighted by atomic mass is 10.0. The summed E-state index contributed by atoms with van der Waals surface area (Å²) in [5, 5.41) is 3.09. The lowest BCUT2D eigenvalue weighted by Crippen LogP contribution is -2.32. The minimum absolute atomic E-state index is 0.0925. The number of nitrogens with one attached hydrogen (secondary N) is 1. The van der Waals surface area contributed by atoms with E-state index >= 15 is 0 Å². The molecule has 0 aliphatic rings. The van der Waals surface area contributed by atoms with Gasteiger partial charge in [0.2, 0.25) is 5.91 Å². The predicted molar refractivity (Wildman–Crippen MR) is 131 cm³/mol. The van der Waals surface area contributed by atoms with Crippen molar-refractivity contribution in [3.63, 3.8) is 0 Å². The van der Waals surface area contributed by atoms with E-state index < -0.39 is 0 Å². The van der Waals surface area contributed by atoms with Gasteiger partial charge in [-0.25, -0.2) is 4.98 Å². The second-order valence-electron chi connectivity index (χ2n) is 8.03. The van der Waals surface area contributed by atoms with E-state index in [-0.39, 0.29) is 11.8 Å². The van der Waals surface area contributed by atoms with Crippen molar-refractivity contribution in [3.05, 3.63) is 72.6 Å². The number of aryl methyl sites for hydroxylation is 1. The van der Waals surface area contributed by atoms with Crippen LogP contribution in [0.25, 0.3) is 11.0 Å². The zero-order valence-electron chi connectivity index (χ0n) is 19.3. The van der Waals surface area contributed by atoms with Crippen molar-refractivity contribution in [3.8, 4) is 5.75 Å². The number of hydrogen-bond acceptors (Lipinski definition) is 3. The maximum atomic E-state index is 12.3. The highest BCUT2D eigenvalue weighted by molar-refractivity contribution is 5.78. The third kappa shape index (κ3) is 6.00. The van der Waals surface area contributed by atoms with E-state index in [9.17, 15) is 4.79 Å². The molecular formula is C27H35N3O2. The molecule has 0 aliphatic carbocycles. The molecule has 0 bridgehead atoms. The van der Waals surface area contributed by atoms with Gasteiger partial charge in [-0.05, 0) is 49.4 Å². The molecule has 0 unspecified atom stereocenters. The van der Waals surface area contributed by atoms with E-state index in [1.165, 1.54) is 0 Å². The number of imidazole rings is 1. The summed E-state index contributed by atoms with van der Waals surface area (Å²) in [7, 11) is 0. The van der Waals surface area contributed by atoms with Crippen molar-refractivity contribution in [1.82, 2.24) is 14.9 Å². The first kappa shape index (κ1) is 23.6. The number of allylic oxidation sites excluding steroid dienone is 1. The highest BCUT2D eigenvalue weighted by Crippen LogP contribution is 2.20. The van der Waals surface area contributed by atoms with E-state index in [0.29, 0.717) is 19.6 Å². The van der Waals surface area contributed by atoms with Gasteiger partial charge in [-0.15, -0.1) is 6.58 Å². The molecule has 32 heavy (non-hydrogen) atoms. The molecule has 3 aromatic rings. The third-order valence-corrected chi connectivity index (χ3v) is 5.86. The van der Waals surface area contributed by atoms with Crippen LogP contribution < -0.4 is 10.1 Å². The Labute approximate surface area is 191 Å². The Balaban J connectivity index is 1.62. The monoisotopic (exact) mass is 433 g/mol. The van der Waals surface area contributed by atoms with Crippen LogP contribution in [0.5, 0.6) is 5.75 Å². The van der Waals surface area contributed by atoms with Crippen LogP contribution in [0.2, 0.25) is 0 Å². The van der Waals surface area contributed by atoms with Crippen LogP contribution >= 0.6 is 0 Å². The average Bonchev–Trinajstić information content (AvgIpc) is 3.16. The van der Waals surface area contributed by atoms with Crippen molar-refractivity contribution in [2.45, 2.75) is 52.5 Å². The van der Waals surface area contributed by atoms with Gasteiger partial charge >= 0.3 is 0 Å². The zero-order chi connectivity index (χ0) is 22.8. The molecule has 0 fully saturated rings. The Bertz CT molecular complexity index is 1020. The van der Waals surface area contributed by atoms with Crippen LogP contribution in [0.15, 0.2) is 61.2 Å². The SMILES string of the molecule is C=CCc1ccccc1OCCCn1c(CCNC(=O)C(CC)CC)nc2ccccc21. The molecule has 0 spiro atoms. The zero-order valence-corrected chi connectivity index (χ0v) is 19.3. The molecule has 1 N–H and O–H groups in total. The Morgan fingerprint density at radius 1 is 1.16 bits per heavy atom. The number of fused-ring (bicyclic) bond motifs is 1. The number of carbonyl (C=O) groups excluding carboxylic acids is 1. The standard InChI is InChI=1S/C27H35N3O2/c1-4-12-22-13-7-10-16-25(22)32-20-11-19-30-24-15-9-8-14-23(24)29-26(30)17-18-28-27(31)21(5-2)6-3/h4,7-10,13-16,21H,1,5-6,11-12,17-20H2,2-3H3,(H,28,31). The van der Waals surface area contributed by atoms with Gasteiger partial charge in [0.05, 0.1) is 17.6 Å². The first-order valence-electron chi connectivity index (χ1n) is 11.7. The number of carbonyl (C=O) groups is 1. The molecule has 0 radical (unpaired) electrons. The van der Waals surface area contributed by atoms with Crippen LogP contribution in [-0.4, -0.2) is 28.6 Å². The molecule has 1 amide bonds. The van der Waals surface area contributed by atoms with Crippen LogP contribution in [0, 0.1) is 5.92 Å². The molecule has 5 heteroatoms. The summed E-state index contributed by atoms with van der Waals surface area (Å²) in [5.41, 5.74) is 3.27. The van der Waals surface area contributed by atoms with E-state index in [4.69, 9.17) is 9.72 Å². The normalized spacial score (nSPS) is 11.1. The third-order valence-electron chi connectivity index (χ3n) is 5.86. The van der Waals surface area contributed by atoms with E-state index in [0.717, 1.165) is 60.4 Å². The second-order valence-corrected chi connectivity index (χ2v) is 8.03. The minimum atomic E-state index is 0.0925. The van der Waals surface area contributed by atoms with Gasteiger partial charge < -0.3 is 14.6 Å². The maximum Gasteiger partial charge on any atom is 0.223 e. The van der Waals surface area contributed by atoms with Gasteiger partial charge in [0.25, 0.3) is 0 Å². The molecule has 3 rings (SSSR count). The lowest BCUT2D eigenvalue weighted by molar-refractivity contribution is -0.125. The summed E-state index contributed by atoms with van der Waals surface area (Å²) in [4.78, 5) is 17.1. The summed E-state index contributed by atoms with van der Waals surface area (Å²) in [6, 6.07) is 16.3. The topological polar surface area (TPSA) is 56.1 Å². The Kier molecular flexibility index (Phi) is 8.90. The molecule has 5 nitrogen and oxygen atoms in total. The summed E-state index contributed by atoms with van der Waals surface area (Å²) < 4.78 is 8.33. The van der Waals surface area contributed by atoms with E-state index in [2.05, 4.69) is 42.4 Å². The maximum absolute atomic E-state index is 12.3. The van der Waals surface area contributed by atoms with Gasteiger partial charge in [-0.3, -0.25) is 4.79 Å². The summed E-state index contributed by atoms with van der Waals surface area (Å²) in [6.07, 6.45) is 6.02. The lowest BCUT2D eigenvalue weighted by Gasteiger charge is -2.14. The number of ether oxygens (including phenoxy) is 1. The van der Waals surface area contributed by atoms with Crippen LogP contribution in [0.1, 0.15) is 44.5 Å². The molecule has 1 aromatic heterocycles. The van der Waals surface area contributed by atoms with Gasteiger partial charge in [0.15, 0.2) is 0 Å². The fourth-order valence-corrected chi connectivity index (χ4v) is 4.04. The Morgan fingerprint density at radius 3 is 2.69 bits per heavy atom. The van der Waals surface area contributed by atoms with Gasteiger partial charge in [-0.1, -0.05) is 50.3 Å². The summed E-state index contributed by atoms with van der Waals surface area (Å²) in [6.45, 7) is 10.0. The first-order chi connectivity index (χ1) is 15.7. The number of nitrogens with zero attached hydrogens (tertiary/aromatic N) is 2. The van der Waals surface area contributed by atoms with Gasteiger partial charge in [0.1, 0.15) is 11.6 Å². The predicted octanol–water partition coefficient (Wildman–Crippen LogP) is 5.33. The average molecular weight is 434 g/mol.